The van der Waals surface area contributed by atoms with Crippen LogP contribution < -0.4 is 10.2 Å². The first-order chi connectivity index (χ1) is 13.4. The number of sulfonamides is 1. The maximum Gasteiger partial charge on any atom is 0.255 e. The van der Waals surface area contributed by atoms with Crippen molar-refractivity contribution in [3.63, 3.8) is 0 Å². The number of nitrogens with one attached hydrogen (secondary N) is 1. The van der Waals surface area contributed by atoms with E-state index in [1.807, 2.05) is 43.3 Å². The second-order valence-corrected chi connectivity index (χ2v) is 9.18. The standard InChI is InChI=1S/C21H27N3O3S/c1-23(2)19-11-8-10-18(16-19)22-21(25)17-9-7-12-20(15-17)28(26,27)24-13-5-3-4-6-14-24/h7-12,15-16H,3-6,13-14H2,1-2H3,(H,22,25). The molecule has 0 spiro atoms. The van der Waals surface area contributed by atoms with Crippen LogP contribution in [0.3, 0.4) is 0 Å². The maximum absolute atomic E-state index is 13.0. The Kier molecular flexibility index (Phi) is 6.36. The lowest BCUT2D eigenvalue weighted by molar-refractivity contribution is 0.102. The fraction of sp³-hybridized carbons (Fsp3) is 0.381. The van der Waals surface area contributed by atoms with E-state index in [4.69, 9.17) is 0 Å². The second-order valence-electron chi connectivity index (χ2n) is 7.25. The molecule has 1 N–H and O–H groups in total. The fourth-order valence-corrected chi connectivity index (χ4v) is 4.86. The lowest BCUT2D eigenvalue weighted by atomic mass is 10.2. The van der Waals surface area contributed by atoms with E-state index < -0.39 is 10.0 Å². The van der Waals surface area contributed by atoms with Crippen LogP contribution in [-0.4, -0.2) is 45.8 Å². The van der Waals surface area contributed by atoms with Crippen LogP contribution in [0.4, 0.5) is 11.4 Å². The Balaban J connectivity index is 1.80. The van der Waals surface area contributed by atoms with Gasteiger partial charge in [0, 0.05) is 44.1 Å². The fourth-order valence-electron chi connectivity index (χ4n) is 3.29. The van der Waals surface area contributed by atoms with Gasteiger partial charge in [0.15, 0.2) is 0 Å². The van der Waals surface area contributed by atoms with Crippen LogP contribution in [0.1, 0.15) is 36.0 Å². The minimum Gasteiger partial charge on any atom is -0.378 e. The Bertz CT molecular complexity index is 933. The zero-order valence-corrected chi connectivity index (χ0v) is 17.2. The highest BCUT2D eigenvalue weighted by Gasteiger charge is 2.25. The van der Waals surface area contributed by atoms with E-state index in [2.05, 4.69) is 5.32 Å². The summed E-state index contributed by atoms with van der Waals surface area (Å²) in [6.45, 7) is 1.08. The van der Waals surface area contributed by atoms with Gasteiger partial charge in [0.1, 0.15) is 0 Å². The van der Waals surface area contributed by atoms with Gasteiger partial charge in [0.05, 0.1) is 4.90 Å². The minimum absolute atomic E-state index is 0.170. The molecular weight excluding hydrogens is 374 g/mol. The molecule has 0 aromatic heterocycles. The Morgan fingerprint density at radius 3 is 2.32 bits per heavy atom. The summed E-state index contributed by atoms with van der Waals surface area (Å²) in [5.41, 5.74) is 1.96. The highest BCUT2D eigenvalue weighted by Crippen LogP contribution is 2.22. The van der Waals surface area contributed by atoms with E-state index >= 15 is 0 Å². The smallest absolute Gasteiger partial charge is 0.255 e. The van der Waals surface area contributed by atoms with Crippen LogP contribution in [0.15, 0.2) is 53.4 Å². The molecule has 0 saturated carbocycles. The summed E-state index contributed by atoms with van der Waals surface area (Å²) < 4.78 is 27.5. The highest BCUT2D eigenvalue weighted by atomic mass is 32.2. The van der Waals surface area contributed by atoms with Crippen molar-refractivity contribution in [2.24, 2.45) is 0 Å². The molecule has 1 fully saturated rings. The largest absolute Gasteiger partial charge is 0.378 e. The third-order valence-corrected chi connectivity index (χ3v) is 6.81. The monoisotopic (exact) mass is 401 g/mol. The molecule has 6 nitrogen and oxygen atoms in total. The van der Waals surface area contributed by atoms with Gasteiger partial charge in [-0.25, -0.2) is 8.42 Å². The Morgan fingerprint density at radius 1 is 0.964 bits per heavy atom. The van der Waals surface area contributed by atoms with Gasteiger partial charge in [-0.2, -0.15) is 4.31 Å². The summed E-state index contributed by atoms with van der Waals surface area (Å²) in [5.74, 6) is -0.330. The van der Waals surface area contributed by atoms with Crippen LogP contribution in [0.5, 0.6) is 0 Å². The molecule has 0 unspecified atom stereocenters. The molecule has 1 aliphatic rings. The van der Waals surface area contributed by atoms with Gasteiger partial charge in [0.25, 0.3) is 5.91 Å². The Labute approximate surface area is 167 Å². The first-order valence-electron chi connectivity index (χ1n) is 9.57. The van der Waals surface area contributed by atoms with Gasteiger partial charge in [-0.05, 0) is 49.2 Å². The lowest BCUT2D eigenvalue weighted by Crippen LogP contribution is -2.32. The summed E-state index contributed by atoms with van der Waals surface area (Å²) >= 11 is 0. The number of nitrogens with zero attached hydrogens (tertiary/aromatic N) is 2. The number of carbonyl (C=O) groups excluding carboxylic acids is 1. The number of hydrogen-bond acceptors (Lipinski definition) is 4. The van der Waals surface area contributed by atoms with Crippen LogP contribution in [0, 0.1) is 0 Å². The van der Waals surface area contributed by atoms with E-state index in [-0.39, 0.29) is 10.8 Å². The summed E-state index contributed by atoms with van der Waals surface area (Å²) in [4.78, 5) is 14.8. The van der Waals surface area contributed by atoms with Gasteiger partial charge >= 0.3 is 0 Å². The predicted octanol–water partition coefficient (Wildman–Crippen LogP) is 3.57. The molecule has 1 saturated heterocycles. The topological polar surface area (TPSA) is 69.7 Å². The third kappa shape index (κ3) is 4.72. The normalized spacial score (nSPS) is 15.6. The SMILES string of the molecule is CN(C)c1cccc(NC(=O)c2cccc(S(=O)(=O)N3CCCCCC3)c2)c1. The van der Waals surface area contributed by atoms with E-state index in [0.29, 0.717) is 24.3 Å². The van der Waals surface area contributed by atoms with Crippen molar-refractivity contribution in [1.82, 2.24) is 4.31 Å². The molecule has 28 heavy (non-hydrogen) atoms. The first-order valence-corrected chi connectivity index (χ1v) is 11.0. The summed E-state index contributed by atoms with van der Waals surface area (Å²) in [6.07, 6.45) is 3.87. The summed E-state index contributed by atoms with van der Waals surface area (Å²) in [7, 11) is 0.272. The van der Waals surface area contributed by atoms with Crippen molar-refractivity contribution >= 4 is 27.3 Å². The van der Waals surface area contributed by atoms with Crippen molar-refractivity contribution in [2.75, 3.05) is 37.4 Å². The molecule has 1 aliphatic heterocycles. The third-order valence-electron chi connectivity index (χ3n) is 4.92. The predicted molar refractivity (Wildman–Crippen MR) is 112 cm³/mol. The second kappa shape index (κ2) is 8.75. The summed E-state index contributed by atoms with van der Waals surface area (Å²) in [6, 6.07) is 13.8. The van der Waals surface area contributed by atoms with E-state index in [9.17, 15) is 13.2 Å². The number of hydrogen-bond donors (Lipinski definition) is 1. The highest BCUT2D eigenvalue weighted by molar-refractivity contribution is 7.89. The van der Waals surface area contributed by atoms with Crippen LogP contribution in [-0.2, 0) is 10.0 Å². The van der Waals surface area contributed by atoms with Gasteiger partial charge in [-0.3, -0.25) is 4.79 Å². The minimum atomic E-state index is -3.59. The summed E-state index contributed by atoms with van der Waals surface area (Å²) in [5, 5.41) is 2.85. The molecular formula is C21H27N3O3S. The molecule has 2 aromatic carbocycles. The molecule has 0 aliphatic carbocycles. The van der Waals surface area contributed by atoms with E-state index in [1.165, 1.54) is 10.4 Å². The van der Waals surface area contributed by atoms with Gasteiger partial charge in [-0.1, -0.05) is 25.0 Å². The molecule has 1 amide bonds. The molecule has 150 valence electrons. The Morgan fingerprint density at radius 2 is 1.64 bits per heavy atom. The number of amides is 1. The van der Waals surface area contributed by atoms with Crippen molar-refractivity contribution in [1.29, 1.82) is 0 Å². The van der Waals surface area contributed by atoms with E-state index in [1.54, 1.807) is 18.2 Å². The van der Waals surface area contributed by atoms with Gasteiger partial charge in [-0.15, -0.1) is 0 Å². The number of carbonyl (C=O) groups is 1. The van der Waals surface area contributed by atoms with Gasteiger partial charge in [0.2, 0.25) is 10.0 Å². The van der Waals surface area contributed by atoms with Crippen molar-refractivity contribution in [3.8, 4) is 0 Å². The molecule has 3 rings (SSSR count). The van der Waals surface area contributed by atoms with Crippen LogP contribution >= 0.6 is 0 Å². The number of benzene rings is 2. The number of anilines is 2. The van der Waals surface area contributed by atoms with Crippen LogP contribution in [0.25, 0.3) is 0 Å². The Hall–Kier alpha value is -2.38. The maximum atomic E-state index is 13.0. The lowest BCUT2D eigenvalue weighted by Gasteiger charge is -2.20. The molecule has 0 atom stereocenters. The molecule has 0 bridgehead atoms. The zero-order valence-electron chi connectivity index (χ0n) is 16.4. The number of rotatable bonds is 5. The molecule has 2 aromatic rings. The van der Waals surface area contributed by atoms with Gasteiger partial charge < -0.3 is 10.2 Å². The van der Waals surface area contributed by atoms with E-state index in [0.717, 1.165) is 31.4 Å². The molecule has 1 heterocycles. The zero-order chi connectivity index (χ0) is 20.1. The van der Waals surface area contributed by atoms with Crippen molar-refractivity contribution in [3.05, 3.63) is 54.1 Å². The van der Waals surface area contributed by atoms with Crippen LogP contribution in [0.2, 0.25) is 0 Å². The average molecular weight is 402 g/mol. The molecule has 0 radical (unpaired) electrons. The van der Waals surface area contributed by atoms with Crippen molar-refractivity contribution in [2.45, 2.75) is 30.6 Å². The first kappa shape index (κ1) is 20.4. The van der Waals surface area contributed by atoms with Crippen molar-refractivity contribution < 1.29 is 13.2 Å². The average Bonchev–Trinajstić information content (AvgIpc) is 2.98. The quantitative estimate of drug-likeness (QED) is 0.832. The molecule has 7 heteroatoms.